The molecule has 0 aliphatic carbocycles. The monoisotopic (exact) mass is 337 g/mol. The number of hydrogen-bond acceptors (Lipinski definition) is 4. The van der Waals surface area contributed by atoms with Gasteiger partial charge in [0.05, 0.1) is 0 Å². The van der Waals surface area contributed by atoms with Crippen LogP contribution in [0, 0.1) is 5.92 Å². The van der Waals surface area contributed by atoms with Crippen molar-refractivity contribution in [2.75, 3.05) is 20.1 Å². The van der Waals surface area contributed by atoms with Crippen LogP contribution in [-0.4, -0.2) is 42.9 Å². The van der Waals surface area contributed by atoms with Gasteiger partial charge in [0.1, 0.15) is 6.04 Å². The summed E-state index contributed by atoms with van der Waals surface area (Å²) in [5, 5.41) is 8.04. The summed E-state index contributed by atoms with van der Waals surface area (Å²) in [4.78, 5) is 28.3. The van der Waals surface area contributed by atoms with Crippen LogP contribution in [0.25, 0.3) is 0 Å². The van der Waals surface area contributed by atoms with Gasteiger partial charge in [-0.3, -0.25) is 9.59 Å². The Morgan fingerprint density at radius 3 is 2.91 bits per heavy atom. The lowest BCUT2D eigenvalue weighted by Gasteiger charge is -2.31. The molecule has 1 aliphatic heterocycles. The Morgan fingerprint density at radius 2 is 2.22 bits per heavy atom. The van der Waals surface area contributed by atoms with Gasteiger partial charge in [0, 0.05) is 30.4 Å². The summed E-state index contributed by atoms with van der Waals surface area (Å²) in [5.74, 6) is -0.148. The lowest BCUT2D eigenvalue weighted by molar-refractivity contribution is -0.138. The Bertz CT molecular complexity index is 544. The summed E-state index contributed by atoms with van der Waals surface area (Å²) < 4.78 is 0. The van der Waals surface area contributed by atoms with Gasteiger partial charge >= 0.3 is 0 Å². The third kappa shape index (κ3) is 4.54. The molecule has 2 atom stereocenters. The Kier molecular flexibility index (Phi) is 6.59. The fourth-order valence-electron chi connectivity index (χ4n) is 2.92. The van der Waals surface area contributed by atoms with E-state index in [2.05, 4.69) is 22.1 Å². The van der Waals surface area contributed by atoms with Gasteiger partial charge in [0.15, 0.2) is 0 Å². The number of rotatable bonds is 7. The molecule has 0 bridgehead atoms. The van der Waals surface area contributed by atoms with E-state index in [1.165, 1.54) is 10.4 Å². The summed E-state index contributed by atoms with van der Waals surface area (Å²) in [5.41, 5.74) is 1.25. The van der Waals surface area contributed by atoms with E-state index in [1.807, 2.05) is 25.8 Å². The van der Waals surface area contributed by atoms with Gasteiger partial charge in [-0.25, -0.2) is 0 Å². The molecule has 0 radical (unpaired) electrons. The van der Waals surface area contributed by atoms with Crippen molar-refractivity contribution in [3.63, 3.8) is 0 Å². The molecule has 2 rings (SSSR count). The highest BCUT2D eigenvalue weighted by molar-refractivity contribution is 7.10. The maximum absolute atomic E-state index is 12.8. The first-order valence-electron chi connectivity index (χ1n) is 8.35. The van der Waals surface area contributed by atoms with Crippen LogP contribution in [0.5, 0.6) is 0 Å². The lowest BCUT2D eigenvalue weighted by atomic mass is 10.0. The highest BCUT2D eigenvalue weighted by Gasteiger charge is 2.29. The number of nitrogens with one attached hydrogen (secondary N) is 2. The first kappa shape index (κ1) is 17.9. The maximum atomic E-state index is 12.8. The van der Waals surface area contributed by atoms with Gasteiger partial charge < -0.3 is 15.5 Å². The Morgan fingerprint density at radius 1 is 1.43 bits per heavy atom. The van der Waals surface area contributed by atoms with Gasteiger partial charge in [0.2, 0.25) is 11.8 Å². The lowest BCUT2D eigenvalue weighted by Crippen LogP contribution is -2.51. The van der Waals surface area contributed by atoms with Crippen LogP contribution in [0.4, 0.5) is 0 Å². The molecule has 23 heavy (non-hydrogen) atoms. The molecule has 0 saturated heterocycles. The second kappa shape index (κ2) is 8.45. The molecule has 1 aliphatic rings. The van der Waals surface area contributed by atoms with Crippen LogP contribution in [0.3, 0.4) is 0 Å². The summed E-state index contributed by atoms with van der Waals surface area (Å²) in [6.07, 6.45) is 2.47. The average molecular weight is 337 g/mol. The number of thiophene rings is 1. The minimum atomic E-state index is -0.410. The van der Waals surface area contributed by atoms with Gasteiger partial charge in [-0.1, -0.05) is 20.3 Å². The highest BCUT2D eigenvalue weighted by Crippen LogP contribution is 2.24. The van der Waals surface area contributed by atoms with Gasteiger partial charge in [-0.2, -0.15) is 0 Å². The average Bonchev–Trinajstić information content (AvgIpc) is 3.01. The topological polar surface area (TPSA) is 61.4 Å². The maximum Gasteiger partial charge on any atom is 0.245 e. The molecule has 1 aromatic rings. The van der Waals surface area contributed by atoms with Crippen molar-refractivity contribution in [2.24, 2.45) is 5.92 Å². The van der Waals surface area contributed by atoms with E-state index in [0.717, 1.165) is 19.4 Å². The third-order valence-electron chi connectivity index (χ3n) is 4.27. The number of amides is 2. The molecule has 128 valence electrons. The minimum Gasteiger partial charge on any atom is -0.344 e. The zero-order chi connectivity index (χ0) is 16.8. The summed E-state index contributed by atoms with van der Waals surface area (Å²) in [7, 11) is 1.82. The summed E-state index contributed by atoms with van der Waals surface area (Å²) in [6.45, 7) is 5.93. The molecular weight excluding hydrogens is 310 g/mol. The first-order valence-corrected chi connectivity index (χ1v) is 9.23. The van der Waals surface area contributed by atoms with E-state index in [4.69, 9.17) is 0 Å². The van der Waals surface area contributed by atoms with E-state index >= 15 is 0 Å². The predicted molar refractivity (Wildman–Crippen MR) is 93.4 cm³/mol. The molecular formula is C17H27N3O2S. The van der Waals surface area contributed by atoms with Crippen molar-refractivity contribution in [1.29, 1.82) is 0 Å². The van der Waals surface area contributed by atoms with Crippen molar-refractivity contribution in [3.8, 4) is 0 Å². The molecule has 5 nitrogen and oxygen atoms in total. The predicted octanol–water partition coefficient (Wildman–Crippen LogP) is 1.77. The van der Waals surface area contributed by atoms with Crippen LogP contribution >= 0.6 is 11.3 Å². The van der Waals surface area contributed by atoms with Gasteiger partial charge in [-0.15, -0.1) is 11.3 Å². The van der Waals surface area contributed by atoms with Crippen molar-refractivity contribution in [1.82, 2.24) is 15.5 Å². The molecule has 0 fully saturated rings. The SMILES string of the molecule is CCCC(NC(=O)C(C)CNC)C(=O)N1CCc2sccc2C1. The van der Waals surface area contributed by atoms with E-state index in [0.29, 0.717) is 19.5 Å². The largest absolute Gasteiger partial charge is 0.344 e. The molecule has 2 N–H and O–H groups in total. The smallest absolute Gasteiger partial charge is 0.245 e. The third-order valence-corrected chi connectivity index (χ3v) is 5.29. The summed E-state index contributed by atoms with van der Waals surface area (Å²) >= 11 is 1.76. The molecule has 1 aromatic heterocycles. The number of nitrogens with zero attached hydrogens (tertiary/aromatic N) is 1. The fourth-order valence-corrected chi connectivity index (χ4v) is 3.81. The molecule has 6 heteroatoms. The van der Waals surface area contributed by atoms with E-state index in [9.17, 15) is 9.59 Å². The molecule has 2 unspecified atom stereocenters. The van der Waals surface area contributed by atoms with E-state index in [-0.39, 0.29) is 17.7 Å². The fraction of sp³-hybridized carbons (Fsp3) is 0.647. The normalized spacial score (nSPS) is 16.6. The number of fused-ring (bicyclic) bond motifs is 1. The Labute approximate surface area is 142 Å². The van der Waals surface area contributed by atoms with Crippen LogP contribution in [0.15, 0.2) is 11.4 Å². The van der Waals surface area contributed by atoms with Crippen LogP contribution in [0.1, 0.15) is 37.1 Å². The minimum absolute atomic E-state index is 0.0497. The standard InChI is InChI=1S/C17H27N3O2S/c1-4-5-14(19-16(21)12(2)10-18-3)17(22)20-8-6-15-13(11-20)7-9-23-15/h7,9,12,14,18H,4-6,8,10-11H2,1-3H3,(H,19,21). The second-order valence-corrected chi connectivity index (χ2v) is 7.19. The molecule has 2 heterocycles. The van der Waals surface area contributed by atoms with Gasteiger partial charge in [-0.05, 0) is 36.9 Å². The second-order valence-electron chi connectivity index (χ2n) is 6.19. The van der Waals surface area contributed by atoms with Crippen molar-refractivity contribution < 1.29 is 9.59 Å². The summed E-state index contributed by atoms with van der Waals surface area (Å²) in [6, 6.07) is 1.69. The first-order chi connectivity index (χ1) is 11.1. The number of hydrogen-bond donors (Lipinski definition) is 2. The zero-order valence-electron chi connectivity index (χ0n) is 14.2. The van der Waals surface area contributed by atoms with E-state index < -0.39 is 6.04 Å². The van der Waals surface area contributed by atoms with Crippen molar-refractivity contribution in [2.45, 2.75) is 45.7 Å². The number of carbonyl (C=O) groups is 2. The molecule has 2 amide bonds. The highest BCUT2D eigenvalue weighted by atomic mass is 32.1. The van der Waals surface area contributed by atoms with Crippen molar-refractivity contribution in [3.05, 3.63) is 21.9 Å². The van der Waals surface area contributed by atoms with Crippen LogP contribution in [-0.2, 0) is 22.6 Å². The molecule has 0 aromatic carbocycles. The quantitative estimate of drug-likeness (QED) is 0.797. The van der Waals surface area contributed by atoms with Crippen LogP contribution in [0.2, 0.25) is 0 Å². The Balaban J connectivity index is 2.00. The zero-order valence-corrected chi connectivity index (χ0v) is 15.0. The molecule has 0 saturated carbocycles. The molecule has 0 spiro atoms. The number of carbonyl (C=O) groups excluding carboxylic acids is 2. The van der Waals surface area contributed by atoms with E-state index in [1.54, 1.807) is 11.3 Å². The van der Waals surface area contributed by atoms with Gasteiger partial charge in [0.25, 0.3) is 0 Å². The van der Waals surface area contributed by atoms with Crippen molar-refractivity contribution >= 4 is 23.2 Å². The van der Waals surface area contributed by atoms with Crippen LogP contribution < -0.4 is 10.6 Å². The Hall–Kier alpha value is -1.40.